The van der Waals surface area contributed by atoms with E-state index in [1.165, 1.54) is 7.05 Å². The molecule has 13 heavy (non-hydrogen) atoms. The van der Waals surface area contributed by atoms with Crippen molar-refractivity contribution in [2.24, 2.45) is 10.1 Å². The van der Waals surface area contributed by atoms with Crippen molar-refractivity contribution in [2.45, 2.75) is 0 Å². The van der Waals surface area contributed by atoms with Crippen LogP contribution < -0.4 is 5.73 Å². The summed E-state index contributed by atoms with van der Waals surface area (Å²) in [6, 6.07) is 0. The second kappa shape index (κ2) is 4.05. The molecule has 0 rings (SSSR count). The van der Waals surface area contributed by atoms with Gasteiger partial charge in [0.05, 0.1) is 0 Å². The molecule has 0 radical (unpaired) electrons. The number of rotatable bonds is 3. The second-order valence-electron chi connectivity index (χ2n) is 2.15. The number of guanidine groups is 1. The Morgan fingerprint density at radius 3 is 2.38 bits per heavy atom. The van der Waals surface area contributed by atoms with Gasteiger partial charge in [-0.05, 0) is 0 Å². The van der Waals surface area contributed by atoms with Crippen LogP contribution in [0.3, 0.4) is 0 Å². The highest BCUT2D eigenvalue weighted by Gasteiger charge is 2.09. The molecule has 76 valence electrons. The Morgan fingerprint density at radius 1 is 1.62 bits per heavy atom. The molecule has 0 aliphatic carbocycles. The third kappa shape index (κ3) is 5.87. The number of nitrogens with zero attached hydrogens (tertiary/aromatic N) is 2. The van der Waals surface area contributed by atoms with Crippen LogP contribution >= 0.6 is 0 Å². The van der Waals surface area contributed by atoms with E-state index >= 15 is 0 Å². The van der Waals surface area contributed by atoms with Gasteiger partial charge in [-0.15, -0.1) is 4.40 Å². The molecule has 0 spiro atoms. The van der Waals surface area contributed by atoms with Gasteiger partial charge in [0.25, 0.3) is 0 Å². The topological polar surface area (TPSA) is 133 Å². The van der Waals surface area contributed by atoms with Gasteiger partial charge < -0.3 is 15.7 Å². The minimum absolute atomic E-state index is 0.509. The molecule has 0 amide bonds. The zero-order chi connectivity index (χ0) is 10.6. The van der Waals surface area contributed by atoms with E-state index < -0.39 is 28.8 Å². The average Bonchev–Trinajstić information content (AvgIpc) is 1.81. The van der Waals surface area contributed by atoms with Gasteiger partial charge in [0, 0.05) is 7.05 Å². The quantitative estimate of drug-likeness (QED) is 0.282. The van der Waals surface area contributed by atoms with Gasteiger partial charge in [-0.3, -0.25) is 9.35 Å². The maximum absolute atomic E-state index is 10.1. The van der Waals surface area contributed by atoms with E-state index in [9.17, 15) is 13.2 Å². The Labute approximate surface area is 74.5 Å². The number of carboxylic acids is 1. The van der Waals surface area contributed by atoms with Crippen molar-refractivity contribution in [3.63, 3.8) is 0 Å². The van der Waals surface area contributed by atoms with E-state index in [2.05, 4.69) is 4.40 Å². The van der Waals surface area contributed by atoms with Gasteiger partial charge in [0.15, 0.2) is 0 Å². The summed E-state index contributed by atoms with van der Waals surface area (Å²) in [5.74, 6) is -1.79. The monoisotopic (exact) mass is 211 g/mol. The molecule has 9 heteroatoms. The fourth-order valence-corrected chi connectivity index (χ4v) is 0.848. The van der Waals surface area contributed by atoms with Crippen LogP contribution in [0.5, 0.6) is 0 Å². The number of aliphatic carboxylic acids is 1. The van der Waals surface area contributed by atoms with Crippen LogP contribution in [-0.2, 0) is 15.1 Å². The highest BCUT2D eigenvalue weighted by Crippen LogP contribution is 1.88. The lowest BCUT2D eigenvalue weighted by molar-refractivity contribution is -0.137. The summed E-state index contributed by atoms with van der Waals surface area (Å²) in [7, 11) is -3.36. The minimum atomic E-state index is -4.58. The van der Waals surface area contributed by atoms with Crippen molar-refractivity contribution in [3.05, 3.63) is 0 Å². The van der Waals surface area contributed by atoms with Crippen LogP contribution in [0.1, 0.15) is 0 Å². The van der Waals surface area contributed by atoms with Crippen LogP contribution in [0.2, 0.25) is 0 Å². The van der Waals surface area contributed by atoms with E-state index in [-0.39, 0.29) is 0 Å². The Balaban J connectivity index is 4.52. The number of carbonyl (C=O) groups is 1. The molecular weight excluding hydrogens is 202 g/mol. The largest absolute Gasteiger partial charge is 0.480 e. The van der Waals surface area contributed by atoms with Crippen molar-refractivity contribution in [1.29, 1.82) is 0 Å². The molecule has 0 saturated carbocycles. The van der Waals surface area contributed by atoms with E-state index in [4.69, 9.17) is 15.4 Å². The summed E-state index contributed by atoms with van der Waals surface area (Å²) in [5, 5.41) is 8.27. The summed E-state index contributed by atoms with van der Waals surface area (Å²) in [5.41, 5.74) is 5.03. The van der Waals surface area contributed by atoms with Gasteiger partial charge in [-0.2, -0.15) is 8.42 Å². The Bertz CT molecular complexity index is 321. The molecular formula is C4H9N3O5S. The first-order valence-corrected chi connectivity index (χ1v) is 4.38. The van der Waals surface area contributed by atoms with Crippen molar-refractivity contribution in [3.8, 4) is 0 Å². The first-order chi connectivity index (χ1) is 5.72. The Kier molecular flexibility index (Phi) is 3.63. The fourth-order valence-electron chi connectivity index (χ4n) is 0.472. The lowest BCUT2D eigenvalue weighted by Crippen LogP contribution is -2.38. The summed E-state index contributed by atoms with van der Waals surface area (Å²) < 4.78 is 31.1. The van der Waals surface area contributed by atoms with Crippen molar-refractivity contribution in [2.75, 3.05) is 13.6 Å². The molecule has 0 aromatic rings. The van der Waals surface area contributed by atoms with Gasteiger partial charge in [-0.1, -0.05) is 0 Å². The van der Waals surface area contributed by atoms with E-state index in [1.807, 2.05) is 0 Å². The maximum atomic E-state index is 10.1. The highest BCUT2D eigenvalue weighted by atomic mass is 32.2. The van der Waals surface area contributed by atoms with Gasteiger partial charge in [0.1, 0.15) is 6.54 Å². The zero-order valence-corrected chi connectivity index (χ0v) is 7.52. The van der Waals surface area contributed by atoms with E-state index in [0.29, 0.717) is 0 Å². The third-order valence-corrected chi connectivity index (χ3v) is 1.39. The summed E-state index contributed by atoms with van der Waals surface area (Å²) in [4.78, 5) is 11.0. The summed E-state index contributed by atoms with van der Waals surface area (Å²) in [6.07, 6.45) is 0. The second-order valence-corrected chi connectivity index (χ2v) is 3.23. The molecule has 0 fully saturated rings. The maximum Gasteiger partial charge on any atom is 0.381 e. The van der Waals surface area contributed by atoms with Gasteiger partial charge >= 0.3 is 16.3 Å². The average molecular weight is 211 g/mol. The number of hydrogen-bond donors (Lipinski definition) is 3. The Morgan fingerprint density at radius 2 is 2.08 bits per heavy atom. The van der Waals surface area contributed by atoms with Crippen molar-refractivity contribution >= 4 is 22.2 Å². The lowest BCUT2D eigenvalue weighted by Gasteiger charge is -2.13. The summed E-state index contributed by atoms with van der Waals surface area (Å²) in [6.45, 7) is -0.509. The number of nitrogens with two attached hydrogens (primary N) is 1. The summed E-state index contributed by atoms with van der Waals surface area (Å²) >= 11 is 0. The predicted octanol–water partition coefficient (Wildman–Crippen LogP) is -1.88. The van der Waals surface area contributed by atoms with Crippen LogP contribution in [-0.4, -0.2) is 48.5 Å². The molecule has 0 bridgehead atoms. The van der Waals surface area contributed by atoms with Gasteiger partial charge in [0.2, 0.25) is 5.96 Å². The molecule has 0 aliphatic heterocycles. The number of carboxylic acid groups (broad SMARTS) is 1. The van der Waals surface area contributed by atoms with Crippen LogP contribution in [0, 0.1) is 0 Å². The molecule has 0 atom stereocenters. The molecule has 0 saturated heterocycles. The van der Waals surface area contributed by atoms with Crippen LogP contribution in [0.15, 0.2) is 4.40 Å². The third-order valence-electron chi connectivity index (χ3n) is 0.972. The smallest absolute Gasteiger partial charge is 0.381 e. The normalized spacial score (nSPS) is 12.6. The molecule has 0 aromatic carbocycles. The standard InChI is InChI=1S/C4H9N3O5S/c1-7(2-3(8)9)4(5)6-13(10,11)12/h2H2,1H3,(H2,5,6)(H,8,9)(H,10,11,12). The SMILES string of the molecule is CN(CC(=O)O)C(N)=NS(=O)(=O)O. The Hall–Kier alpha value is -1.35. The van der Waals surface area contributed by atoms with Gasteiger partial charge in [-0.25, -0.2) is 0 Å². The number of hydrogen-bond acceptors (Lipinski definition) is 3. The highest BCUT2D eigenvalue weighted by molar-refractivity contribution is 7.84. The molecule has 0 unspecified atom stereocenters. The van der Waals surface area contributed by atoms with Crippen LogP contribution in [0.4, 0.5) is 0 Å². The molecule has 0 aromatic heterocycles. The first kappa shape index (κ1) is 11.6. The van der Waals surface area contributed by atoms with Crippen LogP contribution in [0.25, 0.3) is 0 Å². The molecule has 8 nitrogen and oxygen atoms in total. The zero-order valence-electron chi connectivity index (χ0n) is 6.71. The molecule has 0 heterocycles. The van der Waals surface area contributed by atoms with E-state index in [1.54, 1.807) is 0 Å². The lowest BCUT2D eigenvalue weighted by atomic mass is 10.6. The van der Waals surface area contributed by atoms with E-state index in [0.717, 1.165) is 4.90 Å². The van der Waals surface area contributed by atoms with Crippen molar-refractivity contribution in [1.82, 2.24) is 4.90 Å². The number of likely N-dealkylation sites (N-methyl/N-ethyl adjacent to an activating group) is 1. The predicted molar refractivity (Wildman–Crippen MR) is 43.4 cm³/mol. The van der Waals surface area contributed by atoms with Crippen molar-refractivity contribution < 1.29 is 22.9 Å². The molecule has 0 aliphatic rings. The fraction of sp³-hybridized carbons (Fsp3) is 0.500. The molecule has 4 N–H and O–H groups in total. The first-order valence-electron chi connectivity index (χ1n) is 2.98. The minimum Gasteiger partial charge on any atom is -0.480 e.